The number of ether oxygens (including phenoxy) is 4. The SMILES string of the molecule is CCCCOc1ccc(C2/C(=C(\O)c3ccc(OC)cc3)C(=O)C(=O)N2CC2CCCO2)cc1OC. The molecule has 0 radical (unpaired) electrons. The summed E-state index contributed by atoms with van der Waals surface area (Å²) in [6.45, 7) is 3.53. The Morgan fingerprint density at radius 2 is 1.86 bits per heavy atom. The largest absolute Gasteiger partial charge is 0.507 e. The molecule has 2 unspecified atom stereocenters. The van der Waals surface area contributed by atoms with Crippen LogP contribution < -0.4 is 14.2 Å². The first-order chi connectivity index (χ1) is 17.5. The molecule has 1 amide bonds. The number of unbranched alkanes of at least 4 members (excludes halogenated alkanes) is 1. The Balaban J connectivity index is 1.78. The third kappa shape index (κ3) is 5.18. The second-order valence-corrected chi connectivity index (χ2v) is 8.93. The lowest BCUT2D eigenvalue weighted by atomic mass is 9.94. The van der Waals surface area contributed by atoms with Crippen molar-refractivity contribution in [3.05, 3.63) is 59.2 Å². The number of nitrogens with zero attached hydrogens (tertiary/aromatic N) is 1. The van der Waals surface area contributed by atoms with Crippen LogP contribution in [0.25, 0.3) is 5.76 Å². The van der Waals surface area contributed by atoms with Crippen molar-refractivity contribution in [2.75, 3.05) is 34.0 Å². The second-order valence-electron chi connectivity index (χ2n) is 8.93. The highest BCUT2D eigenvalue weighted by molar-refractivity contribution is 6.46. The summed E-state index contributed by atoms with van der Waals surface area (Å²) >= 11 is 0. The fraction of sp³-hybridized carbons (Fsp3) is 0.429. The maximum Gasteiger partial charge on any atom is 0.295 e. The summed E-state index contributed by atoms with van der Waals surface area (Å²) in [5, 5.41) is 11.3. The van der Waals surface area contributed by atoms with Crippen molar-refractivity contribution in [1.82, 2.24) is 4.90 Å². The van der Waals surface area contributed by atoms with Crippen LogP contribution in [0.5, 0.6) is 17.2 Å². The van der Waals surface area contributed by atoms with E-state index in [1.165, 1.54) is 4.90 Å². The smallest absolute Gasteiger partial charge is 0.295 e. The van der Waals surface area contributed by atoms with Crippen LogP contribution in [0, 0.1) is 0 Å². The molecular weight excluding hydrogens is 462 g/mol. The third-order valence-corrected chi connectivity index (χ3v) is 6.59. The Hall–Kier alpha value is -3.52. The molecule has 8 nitrogen and oxygen atoms in total. The first-order valence-electron chi connectivity index (χ1n) is 12.3. The molecule has 2 aromatic rings. The summed E-state index contributed by atoms with van der Waals surface area (Å²) < 4.78 is 22.4. The van der Waals surface area contributed by atoms with Crippen LogP contribution in [-0.2, 0) is 14.3 Å². The molecule has 0 spiro atoms. The zero-order valence-corrected chi connectivity index (χ0v) is 21.0. The molecule has 8 heteroatoms. The highest BCUT2D eigenvalue weighted by atomic mass is 16.5. The number of Topliss-reactive ketones (excluding diaryl/α,β-unsaturated/α-hetero) is 1. The van der Waals surface area contributed by atoms with E-state index in [9.17, 15) is 14.7 Å². The number of carbonyl (C=O) groups is 2. The molecule has 2 atom stereocenters. The summed E-state index contributed by atoms with van der Waals surface area (Å²) in [5.74, 6) is 0.0708. The second kappa shape index (κ2) is 11.5. The van der Waals surface area contributed by atoms with E-state index >= 15 is 0 Å². The lowest BCUT2D eigenvalue weighted by Crippen LogP contribution is -2.36. The number of hydrogen-bond donors (Lipinski definition) is 1. The van der Waals surface area contributed by atoms with E-state index in [2.05, 4.69) is 6.92 Å². The van der Waals surface area contributed by atoms with Gasteiger partial charge < -0.3 is 29.0 Å². The van der Waals surface area contributed by atoms with E-state index in [4.69, 9.17) is 18.9 Å². The van der Waals surface area contributed by atoms with E-state index in [0.717, 1.165) is 25.7 Å². The van der Waals surface area contributed by atoms with Crippen molar-refractivity contribution in [3.8, 4) is 17.2 Å². The average molecular weight is 496 g/mol. The fourth-order valence-corrected chi connectivity index (χ4v) is 4.63. The Morgan fingerprint density at radius 1 is 1.08 bits per heavy atom. The van der Waals surface area contributed by atoms with Gasteiger partial charge in [-0.25, -0.2) is 0 Å². The number of methoxy groups -OCH3 is 2. The number of rotatable bonds is 10. The van der Waals surface area contributed by atoms with Crippen LogP contribution in [-0.4, -0.2) is 61.8 Å². The van der Waals surface area contributed by atoms with Crippen molar-refractivity contribution >= 4 is 17.4 Å². The average Bonchev–Trinajstić information content (AvgIpc) is 3.51. The highest BCUT2D eigenvalue weighted by Gasteiger charge is 2.47. The van der Waals surface area contributed by atoms with Crippen LogP contribution in [0.2, 0.25) is 0 Å². The maximum atomic E-state index is 13.3. The minimum atomic E-state index is -0.796. The van der Waals surface area contributed by atoms with Gasteiger partial charge in [-0.3, -0.25) is 9.59 Å². The number of aliphatic hydroxyl groups is 1. The van der Waals surface area contributed by atoms with Crippen molar-refractivity contribution < 1.29 is 33.6 Å². The molecular formula is C28H33NO7. The van der Waals surface area contributed by atoms with Crippen molar-refractivity contribution in [2.45, 2.75) is 44.8 Å². The van der Waals surface area contributed by atoms with E-state index in [-0.39, 0.29) is 24.0 Å². The Morgan fingerprint density at radius 3 is 2.50 bits per heavy atom. The lowest BCUT2D eigenvalue weighted by Gasteiger charge is -2.28. The first-order valence-corrected chi connectivity index (χ1v) is 12.3. The molecule has 2 aliphatic rings. The quantitative estimate of drug-likeness (QED) is 0.225. The number of hydrogen-bond acceptors (Lipinski definition) is 7. The van der Waals surface area contributed by atoms with Gasteiger partial charge in [-0.05, 0) is 61.2 Å². The molecule has 1 N–H and O–H groups in total. The highest BCUT2D eigenvalue weighted by Crippen LogP contribution is 2.42. The monoisotopic (exact) mass is 495 g/mol. The molecule has 2 aliphatic heterocycles. The standard InChI is InChI=1S/C28H33NO7/c1-4-5-14-36-22-13-10-19(16-23(22)34-3)25-24(26(30)18-8-11-20(33-2)12-9-18)27(31)28(32)29(25)17-21-7-6-15-35-21/h8-13,16,21,25,30H,4-7,14-15,17H2,1-3H3/b26-24+. The summed E-state index contributed by atoms with van der Waals surface area (Å²) in [4.78, 5) is 28.0. The molecule has 2 aromatic carbocycles. The minimum absolute atomic E-state index is 0.0323. The predicted molar refractivity (Wildman–Crippen MR) is 134 cm³/mol. The van der Waals surface area contributed by atoms with E-state index < -0.39 is 17.7 Å². The van der Waals surface area contributed by atoms with Gasteiger partial charge in [0.05, 0.1) is 38.5 Å². The third-order valence-electron chi connectivity index (χ3n) is 6.59. The Kier molecular flexibility index (Phi) is 8.15. The number of ketones is 1. The zero-order valence-electron chi connectivity index (χ0n) is 21.0. The van der Waals surface area contributed by atoms with Crippen LogP contribution in [0.15, 0.2) is 48.0 Å². The molecule has 0 aromatic heterocycles. The maximum absolute atomic E-state index is 13.3. The number of likely N-dealkylation sites (tertiary alicyclic amines) is 1. The van der Waals surface area contributed by atoms with Gasteiger partial charge in [0.15, 0.2) is 11.5 Å². The topological polar surface area (TPSA) is 94.5 Å². The summed E-state index contributed by atoms with van der Waals surface area (Å²) in [5.41, 5.74) is 1.09. The molecule has 2 saturated heterocycles. The van der Waals surface area contributed by atoms with Crippen molar-refractivity contribution in [3.63, 3.8) is 0 Å². The number of aliphatic hydroxyl groups excluding tert-OH is 1. The van der Waals surface area contributed by atoms with Gasteiger partial charge in [0, 0.05) is 18.7 Å². The van der Waals surface area contributed by atoms with Gasteiger partial charge in [-0.15, -0.1) is 0 Å². The summed E-state index contributed by atoms with van der Waals surface area (Å²) in [6.07, 6.45) is 3.47. The Bertz CT molecular complexity index is 1120. The van der Waals surface area contributed by atoms with Crippen LogP contribution in [0.1, 0.15) is 49.8 Å². The van der Waals surface area contributed by atoms with Crippen LogP contribution >= 0.6 is 0 Å². The first kappa shape index (κ1) is 25.6. The van der Waals surface area contributed by atoms with E-state index in [1.54, 1.807) is 50.6 Å². The van der Waals surface area contributed by atoms with Crippen LogP contribution in [0.4, 0.5) is 0 Å². The van der Waals surface area contributed by atoms with Gasteiger partial charge >= 0.3 is 0 Å². The fourth-order valence-electron chi connectivity index (χ4n) is 4.63. The van der Waals surface area contributed by atoms with Crippen LogP contribution in [0.3, 0.4) is 0 Å². The van der Waals surface area contributed by atoms with Crippen molar-refractivity contribution in [2.24, 2.45) is 0 Å². The molecule has 0 aliphatic carbocycles. The Labute approximate surface area is 211 Å². The summed E-state index contributed by atoms with van der Waals surface area (Å²) in [6, 6.07) is 11.3. The number of amides is 1. The molecule has 36 heavy (non-hydrogen) atoms. The van der Waals surface area contributed by atoms with E-state index in [0.29, 0.717) is 41.6 Å². The normalized spacial score (nSPS) is 21.1. The van der Waals surface area contributed by atoms with Gasteiger partial charge in [0.25, 0.3) is 11.7 Å². The molecule has 2 heterocycles. The zero-order chi connectivity index (χ0) is 25.7. The van der Waals surface area contributed by atoms with E-state index in [1.807, 2.05) is 6.07 Å². The molecule has 4 rings (SSSR count). The molecule has 2 fully saturated rings. The predicted octanol–water partition coefficient (Wildman–Crippen LogP) is 4.48. The van der Waals surface area contributed by atoms with Gasteiger partial charge in [-0.2, -0.15) is 0 Å². The van der Waals surface area contributed by atoms with Gasteiger partial charge in [0.1, 0.15) is 11.5 Å². The van der Waals surface area contributed by atoms with Crippen molar-refractivity contribution in [1.29, 1.82) is 0 Å². The lowest BCUT2D eigenvalue weighted by molar-refractivity contribution is -0.140. The van der Waals surface area contributed by atoms with Gasteiger partial charge in [-0.1, -0.05) is 19.4 Å². The minimum Gasteiger partial charge on any atom is -0.507 e. The number of benzene rings is 2. The number of carbonyl (C=O) groups excluding carboxylic acids is 2. The summed E-state index contributed by atoms with van der Waals surface area (Å²) in [7, 11) is 3.10. The molecule has 192 valence electrons. The van der Waals surface area contributed by atoms with Gasteiger partial charge in [0.2, 0.25) is 0 Å². The molecule has 0 bridgehead atoms. The molecule has 0 saturated carbocycles.